The van der Waals surface area contributed by atoms with Crippen molar-refractivity contribution in [1.82, 2.24) is 9.97 Å². The first kappa shape index (κ1) is 7.47. The monoisotopic (exact) mass is 162 g/mol. The van der Waals surface area contributed by atoms with Gasteiger partial charge in [0.15, 0.2) is 0 Å². The minimum atomic E-state index is 0.715. The van der Waals surface area contributed by atoms with Crippen LogP contribution in [0.15, 0.2) is 18.5 Å². The molecule has 2 aromatic heterocycles. The van der Waals surface area contributed by atoms with Gasteiger partial charge in [-0.1, -0.05) is 13.8 Å². The lowest BCUT2D eigenvalue weighted by Gasteiger charge is -2.00. The average Bonchev–Trinajstić information content (AvgIpc) is 2.52. The number of rotatable bonds is 2. The van der Waals surface area contributed by atoms with E-state index in [0.717, 1.165) is 6.42 Å². The summed E-state index contributed by atoms with van der Waals surface area (Å²) < 4.78 is 0. The van der Waals surface area contributed by atoms with E-state index in [9.17, 15) is 0 Å². The topological polar surface area (TPSA) is 31.6 Å². The largest absolute Gasteiger partial charge is 0.360 e. The van der Waals surface area contributed by atoms with Crippen LogP contribution in [0, 0.1) is 5.92 Å². The first-order valence-electron chi connectivity index (χ1n) is 4.40. The van der Waals surface area contributed by atoms with Crippen LogP contribution < -0.4 is 0 Å². The Labute approximate surface area is 72.0 Å². The van der Waals surface area contributed by atoms with Gasteiger partial charge in [-0.3, -0.25) is 0 Å². The third kappa shape index (κ3) is 1.13. The standard InChI is InChI=1S/C10H14N2/c1-7(2)5-8-6-12-9-3-4-11-10(8)9/h3-4,6-7,11-12H,5H2,1-2H3. The Kier molecular flexibility index (Phi) is 1.68. The Morgan fingerprint density at radius 2 is 2.17 bits per heavy atom. The van der Waals surface area contributed by atoms with Crippen molar-refractivity contribution < 1.29 is 0 Å². The highest BCUT2D eigenvalue weighted by Crippen LogP contribution is 2.18. The van der Waals surface area contributed by atoms with Crippen molar-refractivity contribution in [2.24, 2.45) is 5.92 Å². The summed E-state index contributed by atoms with van der Waals surface area (Å²) in [4.78, 5) is 6.48. The van der Waals surface area contributed by atoms with E-state index in [0.29, 0.717) is 5.92 Å². The fourth-order valence-electron chi connectivity index (χ4n) is 1.59. The smallest absolute Gasteiger partial charge is 0.0666 e. The van der Waals surface area contributed by atoms with Gasteiger partial charge < -0.3 is 9.97 Å². The fraction of sp³-hybridized carbons (Fsp3) is 0.400. The molecule has 0 radical (unpaired) electrons. The Morgan fingerprint density at radius 1 is 1.33 bits per heavy atom. The number of fused-ring (bicyclic) bond motifs is 1. The highest BCUT2D eigenvalue weighted by Gasteiger charge is 2.05. The zero-order valence-corrected chi connectivity index (χ0v) is 7.52. The van der Waals surface area contributed by atoms with Crippen LogP contribution in [-0.2, 0) is 6.42 Å². The number of H-pyrrole nitrogens is 2. The molecule has 0 atom stereocenters. The molecule has 0 unspecified atom stereocenters. The molecule has 2 N–H and O–H groups in total. The normalized spacial score (nSPS) is 11.6. The van der Waals surface area contributed by atoms with Crippen molar-refractivity contribution >= 4 is 11.0 Å². The minimum absolute atomic E-state index is 0.715. The molecular formula is C10H14N2. The molecule has 0 aromatic carbocycles. The molecule has 0 aliphatic carbocycles. The molecule has 2 nitrogen and oxygen atoms in total. The maximum atomic E-state index is 3.24. The minimum Gasteiger partial charge on any atom is -0.360 e. The third-order valence-corrected chi connectivity index (χ3v) is 2.10. The van der Waals surface area contributed by atoms with Crippen LogP contribution in [0.1, 0.15) is 19.4 Å². The zero-order valence-electron chi connectivity index (χ0n) is 7.52. The van der Waals surface area contributed by atoms with Gasteiger partial charge in [0.25, 0.3) is 0 Å². The summed E-state index contributed by atoms with van der Waals surface area (Å²) in [5.74, 6) is 0.715. The van der Waals surface area contributed by atoms with Gasteiger partial charge in [0, 0.05) is 12.4 Å². The predicted molar refractivity (Wildman–Crippen MR) is 51.2 cm³/mol. The van der Waals surface area contributed by atoms with Gasteiger partial charge in [-0.05, 0) is 24.0 Å². The van der Waals surface area contributed by atoms with E-state index in [1.807, 2.05) is 6.20 Å². The number of hydrogen-bond acceptors (Lipinski definition) is 0. The van der Waals surface area contributed by atoms with Crippen LogP contribution in [0.25, 0.3) is 11.0 Å². The molecule has 12 heavy (non-hydrogen) atoms. The van der Waals surface area contributed by atoms with Crippen molar-refractivity contribution in [3.8, 4) is 0 Å². The molecule has 0 saturated carbocycles. The van der Waals surface area contributed by atoms with Gasteiger partial charge in [-0.15, -0.1) is 0 Å². The molecule has 64 valence electrons. The zero-order chi connectivity index (χ0) is 8.55. The van der Waals surface area contributed by atoms with E-state index in [2.05, 4.69) is 36.1 Å². The predicted octanol–water partition coefficient (Wildman–Crippen LogP) is 2.69. The number of aromatic nitrogens is 2. The maximum Gasteiger partial charge on any atom is 0.0666 e. The van der Waals surface area contributed by atoms with E-state index in [1.165, 1.54) is 16.6 Å². The van der Waals surface area contributed by atoms with Crippen LogP contribution in [0.2, 0.25) is 0 Å². The van der Waals surface area contributed by atoms with Gasteiger partial charge in [0.1, 0.15) is 0 Å². The Balaban J connectivity index is 2.40. The van der Waals surface area contributed by atoms with Gasteiger partial charge in [-0.2, -0.15) is 0 Å². The molecule has 0 aliphatic rings. The van der Waals surface area contributed by atoms with E-state index < -0.39 is 0 Å². The van der Waals surface area contributed by atoms with Crippen LogP contribution in [0.5, 0.6) is 0 Å². The maximum absolute atomic E-state index is 3.24. The van der Waals surface area contributed by atoms with E-state index >= 15 is 0 Å². The van der Waals surface area contributed by atoms with E-state index in [-0.39, 0.29) is 0 Å². The molecule has 2 rings (SSSR count). The first-order chi connectivity index (χ1) is 5.77. The summed E-state index contributed by atoms with van der Waals surface area (Å²) in [6, 6.07) is 2.07. The summed E-state index contributed by atoms with van der Waals surface area (Å²) in [5.41, 5.74) is 3.87. The molecule has 0 bridgehead atoms. The van der Waals surface area contributed by atoms with Crippen LogP contribution in [0.3, 0.4) is 0 Å². The SMILES string of the molecule is CC(C)Cc1c[nH]c2cc[nH]c12. The lowest BCUT2D eigenvalue weighted by atomic mass is 10.1. The van der Waals surface area contributed by atoms with Crippen LogP contribution >= 0.6 is 0 Å². The first-order valence-corrected chi connectivity index (χ1v) is 4.40. The quantitative estimate of drug-likeness (QED) is 0.680. The Hall–Kier alpha value is -1.18. The molecule has 0 spiro atoms. The Morgan fingerprint density at radius 3 is 2.92 bits per heavy atom. The molecule has 2 aromatic rings. The number of hydrogen-bond donors (Lipinski definition) is 2. The molecule has 0 amide bonds. The van der Waals surface area contributed by atoms with Crippen LogP contribution in [-0.4, -0.2) is 9.97 Å². The van der Waals surface area contributed by atoms with Crippen LogP contribution in [0.4, 0.5) is 0 Å². The fourth-order valence-corrected chi connectivity index (χ4v) is 1.59. The third-order valence-electron chi connectivity index (χ3n) is 2.10. The average molecular weight is 162 g/mol. The van der Waals surface area contributed by atoms with Crippen molar-refractivity contribution in [1.29, 1.82) is 0 Å². The molecule has 0 aliphatic heterocycles. The summed E-state index contributed by atoms with van der Waals surface area (Å²) >= 11 is 0. The second kappa shape index (κ2) is 2.70. The lowest BCUT2D eigenvalue weighted by molar-refractivity contribution is 0.649. The van der Waals surface area contributed by atoms with Crippen molar-refractivity contribution in [2.75, 3.05) is 0 Å². The Bertz CT molecular complexity index is 368. The summed E-state index contributed by atoms with van der Waals surface area (Å²) in [6.45, 7) is 4.48. The highest BCUT2D eigenvalue weighted by atomic mass is 14.8. The second-order valence-electron chi connectivity index (χ2n) is 3.68. The van der Waals surface area contributed by atoms with Gasteiger partial charge in [-0.25, -0.2) is 0 Å². The van der Waals surface area contributed by atoms with Gasteiger partial charge in [0.2, 0.25) is 0 Å². The van der Waals surface area contributed by atoms with Gasteiger partial charge >= 0.3 is 0 Å². The molecular weight excluding hydrogens is 148 g/mol. The molecule has 0 saturated heterocycles. The lowest BCUT2D eigenvalue weighted by Crippen LogP contribution is -1.92. The summed E-state index contributed by atoms with van der Waals surface area (Å²) in [5, 5.41) is 0. The molecule has 2 heterocycles. The van der Waals surface area contributed by atoms with Gasteiger partial charge in [0.05, 0.1) is 11.0 Å². The summed E-state index contributed by atoms with van der Waals surface area (Å²) in [7, 11) is 0. The number of aromatic amines is 2. The second-order valence-corrected chi connectivity index (χ2v) is 3.68. The van der Waals surface area contributed by atoms with E-state index in [4.69, 9.17) is 0 Å². The van der Waals surface area contributed by atoms with Crippen molar-refractivity contribution in [3.63, 3.8) is 0 Å². The van der Waals surface area contributed by atoms with E-state index in [1.54, 1.807) is 0 Å². The van der Waals surface area contributed by atoms with Crippen molar-refractivity contribution in [2.45, 2.75) is 20.3 Å². The highest BCUT2D eigenvalue weighted by molar-refractivity contribution is 5.79. The molecule has 0 fully saturated rings. The summed E-state index contributed by atoms with van der Waals surface area (Å²) in [6.07, 6.45) is 5.21. The number of nitrogens with one attached hydrogen (secondary N) is 2. The molecule has 2 heteroatoms. The van der Waals surface area contributed by atoms with Crippen molar-refractivity contribution in [3.05, 3.63) is 24.0 Å².